The molecular weight excluding hydrogens is 397 g/mol. The average Bonchev–Trinajstić information content (AvgIpc) is 3.04. The molecule has 1 aromatic heterocycles. The number of nitrogens with zero attached hydrogens (tertiary/aromatic N) is 2. The molecule has 2 aromatic carbocycles. The minimum absolute atomic E-state index is 0.0633. The van der Waals surface area contributed by atoms with Crippen molar-refractivity contribution in [2.24, 2.45) is 5.92 Å². The molecule has 1 aliphatic heterocycles. The molecule has 0 aliphatic carbocycles. The number of halogens is 1. The van der Waals surface area contributed by atoms with Gasteiger partial charge in [0.2, 0.25) is 10.0 Å². The van der Waals surface area contributed by atoms with Gasteiger partial charge in [-0.25, -0.2) is 17.5 Å². The molecule has 1 saturated heterocycles. The van der Waals surface area contributed by atoms with Gasteiger partial charge in [0, 0.05) is 31.1 Å². The third kappa shape index (κ3) is 4.58. The lowest BCUT2D eigenvalue weighted by Crippen LogP contribution is -2.51. The van der Waals surface area contributed by atoms with Crippen LogP contribution in [0.4, 0.5) is 4.39 Å². The number of phenolic OH excluding ortho intramolecular Hbond substituents is 1. The Morgan fingerprint density at radius 2 is 2.07 bits per heavy atom. The van der Waals surface area contributed by atoms with Crippen LogP contribution < -0.4 is 4.72 Å². The zero-order valence-corrected chi connectivity index (χ0v) is 16.5. The Labute approximate surface area is 168 Å². The second-order valence-electron chi connectivity index (χ2n) is 7.35. The van der Waals surface area contributed by atoms with Crippen molar-refractivity contribution in [1.29, 1.82) is 0 Å². The zero-order chi connectivity index (χ0) is 20.4. The molecule has 0 bridgehead atoms. The Kier molecular flexibility index (Phi) is 5.53. The van der Waals surface area contributed by atoms with Crippen molar-refractivity contribution in [3.05, 3.63) is 54.0 Å². The molecule has 1 fully saturated rings. The summed E-state index contributed by atoms with van der Waals surface area (Å²) in [6, 6.07) is 10.1. The predicted octanol–water partition coefficient (Wildman–Crippen LogP) is 2.52. The number of phenols is 1. The van der Waals surface area contributed by atoms with Crippen LogP contribution in [0.25, 0.3) is 11.0 Å². The first kappa shape index (κ1) is 19.8. The lowest BCUT2D eigenvalue weighted by Gasteiger charge is -2.39. The maximum absolute atomic E-state index is 13.2. The summed E-state index contributed by atoms with van der Waals surface area (Å²) < 4.78 is 45.5. The first-order chi connectivity index (χ1) is 13.9. The van der Waals surface area contributed by atoms with Gasteiger partial charge in [0.05, 0.1) is 10.6 Å². The number of aromatic nitrogens is 1. The lowest BCUT2D eigenvalue weighted by atomic mass is 10.00. The van der Waals surface area contributed by atoms with E-state index in [2.05, 4.69) is 14.8 Å². The Hall–Kier alpha value is -2.49. The van der Waals surface area contributed by atoms with Crippen molar-refractivity contribution in [1.82, 2.24) is 14.8 Å². The second kappa shape index (κ2) is 8.10. The predicted molar refractivity (Wildman–Crippen MR) is 106 cm³/mol. The fourth-order valence-electron chi connectivity index (χ4n) is 3.56. The lowest BCUT2D eigenvalue weighted by molar-refractivity contribution is 0.102. The Bertz CT molecular complexity index is 1110. The highest BCUT2D eigenvalue weighted by Gasteiger charge is 2.27. The van der Waals surface area contributed by atoms with E-state index < -0.39 is 10.0 Å². The maximum Gasteiger partial charge on any atom is 0.240 e. The topological polar surface area (TPSA) is 95.7 Å². The van der Waals surface area contributed by atoms with E-state index in [1.807, 2.05) is 0 Å². The highest BCUT2D eigenvalue weighted by molar-refractivity contribution is 7.89. The molecule has 0 atom stereocenters. The molecule has 7 nitrogen and oxygen atoms in total. The molecule has 0 radical (unpaired) electrons. The zero-order valence-electron chi connectivity index (χ0n) is 15.7. The number of hydrogen-bond acceptors (Lipinski definition) is 6. The smallest absolute Gasteiger partial charge is 0.240 e. The van der Waals surface area contributed by atoms with Gasteiger partial charge in [0.25, 0.3) is 0 Å². The molecule has 0 saturated carbocycles. The number of nitrogens with one attached hydrogen (secondary N) is 1. The molecule has 9 heteroatoms. The summed E-state index contributed by atoms with van der Waals surface area (Å²) in [4.78, 5) is 2.32. The Morgan fingerprint density at radius 3 is 2.86 bits per heavy atom. The van der Waals surface area contributed by atoms with Crippen molar-refractivity contribution < 1.29 is 22.4 Å². The van der Waals surface area contributed by atoms with E-state index in [0.717, 1.165) is 43.6 Å². The second-order valence-corrected chi connectivity index (χ2v) is 9.12. The van der Waals surface area contributed by atoms with Gasteiger partial charge in [-0.15, -0.1) is 0 Å². The minimum Gasteiger partial charge on any atom is -0.508 e. The number of sulfonamides is 1. The van der Waals surface area contributed by atoms with Crippen LogP contribution in [0.2, 0.25) is 0 Å². The van der Waals surface area contributed by atoms with Gasteiger partial charge in [-0.05, 0) is 55.6 Å². The number of likely N-dealkylation sites (tertiary alicyclic amines) is 1. The molecule has 3 aromatic rings. The van der Waals surface area contributed by atoms with Crippen LogP contribution in [0, 0.1) is 11.7 Å². The third-order valence-electron chi connectivity index (χ3n) is 5.12. The van der Waals surface area contributed by atoms with Crippen molar-refractivity contribution in [3.8, 4) is 5.75 Å². The van der Waals surface area contributed by atoms with E-state index >= 15 is 0 Å². The molecule has 0 amide bonds. The third-order valence-corrected chi connectivity index (χ3v) is 6.54. The summed E-state index contributed by atoms with van der Waals surface area (Å²) in [7, 11) is -3.62. The van der Waals surface area contributed by atoms with Gasteiger partial charge < -0.3 is 14.5 Å². The average molecular weight is 419 g/mol. The normalized spacial score (nSPS) is 15.6. The first-order valence-electron chi connectivity index (χ1n) is 9.45. The van der Waals surface area contributed by atoms with Gasteiger partial charge in [0.1, 0.15) is 11.6 Å². The van der Waals surface area contributed by atoms with Crippen LogP contribution in [-0.4, -0.2) is 49.8 Å². The van der Waals surface area contributed by atoms with Crippen LogP contribution in [0.3, 0.4) is 0 Å². The van der Waals surface area contributed by atoms with Gasteiger partial charge >= 0.3 is 0 Å². The number of rotatable bonds is 8. The van der Waals surface area contributed by atoms with Crippen molar-refractivity contribution in [2.45, 2.75) is 17.7 Å². The molecule has 4 rings (SSSR count). The monoisotopic (exact) mass is 419 g/mol. The van der Waals surface area contributed by atoms with Crippen molar-refractivity contribution in [3.63, 3.8) is 0 Å². The van der Waals surface area contributed by atoms with Crippen molar-refractivity contribution in [2.75, 3.05) is 26.2 Å². The summed E-state index contributed by atoms with van der Waals surface area (Å²) in [6.45, 7) is 2.90. The highest BCUT2D eigenvalue weighted by atomic mass is 32.2. The van der Waals surface area contributed by atoms with Gasteiger partial charge in [0.15, 0.2) is 5.58 Å². The van der Waals surface area contributed by atoms with E-state index in [0.29, 0.717) is 12.1 Å². The van der Waals surface area contributed by atoms with Crippen LogP contribution in [-0.2, 0) is 16.4 Å². The van der Waals surface area contributed by atoms with Gasteiger partial charge in [-0.2, -0.15) is 0 Å². The maximum atomic E-state index is 13.2. The number of hydrogen-bond donors (Lipinski definition) is 2. The minimum atomic E-state index is -3.62. The van der Waals surface area contributed by atoms with Crippen LogP contribution in [0.15, 0.2) is 51.9 Å². The molecular formula is C20H22FN3O4S. The standard InChI is InChI=1S/C20H22FN3O4S/c21-15-6-7-18-19(23-28-20(18)9-15)5-2-8-24-12-14(13-24)11-22-29(26,27)17-4-1-3-16(25)10-17/h1,3-4,6-7,9-10,14,22,25H,2,5,8,11-13H2. The van der Waals surface area contributed by atoms with E-state index in [9.17, 15) is 17.9 Å². The van der Waals surface area contributed by atoms with E-state index in [-0.39, 0.29) is 22.4 Å². The van der Waals surface area contributed by atoms with Gasteiger partial charge in [-0.3, -0.25) is 0 Å². The summed E-state index contributed by atoms with van der Waals surface area (Å²) in [6.07, 6.45) is 1.63. The molecule has 0 spiro atoms. The van der Waals surface area contributed by atoms with Crippen LogP contribution in [0.5, 0.6) is 5.75 Å². The molecule has 154 valence electrons. The fourth-order valence-corrected chi connectivity index (χ4v) is 4.72. The molecule has 1 aliphatic rings. The van der Waals surface area contributed by atoms with Gasteiger partial charge in [-0.1, -0.05) is 11.2 Å². The number of fused-ring (bicyclic) bond motifs is 1. The quantitative estimate of drug-likeness (QED) is 0.583. The fraction of sp³-hybridized carbons (Fsp3) is 0.350. The van der Waals surface area contributed by atoms with Crippen LogP contribution >= 0.6 is 0 Å². The first-order valence-corrected chi connectivity index (χ1v) is 10.9. The largest absolute Gasteiger partial charge is 0.508 e. The summed E-state index contributed by atoms with van der Waals surface area (Å²) in [5, 5.41) is 14.3. The molecule has 2 heterocycles. The molecule has 29 heavy (non-hydrogen) atoms. The van der Waals surface area contributed by atoms with E-state index in [4.69, 9.17) is 4.52 Å². The Balaban J connectivity index is 1.20. The summed E-state index contributed by atoms with van der Waals surface area (Å²) >= 11 is 0. The number of benzene rings is 2. The number of aromatic hydroxyl groups is 1. The SMILES string of the molecule is O=S(=O)(NCC1CN(CCCc2noc3cc(F)ccc23)C1)c1cccc(O)c1. The van der Waals surface area contributed by atoms with E-state index in [1.165, 1.54) is 36.4 Å². The summed E-state index contributed by atoms with van der Waals surface area (Å²) in [5.41, 5.74) is 1.29. The Morgan fingerprint density at radius 1 is 1.24 bits per heavy atom. The van der Waals surface area contributed by atoms with E-state index in [1.54, 1.807) is 6.07 Å². The van der Waals surface area contributed by atoms with Crippen molar-refractivity contribution >= 4 is 21.0 Å². The summed E-state index contributed by atoms with van der Waals surface area (Å²) in [5.74, 6) is -0.155. The molecule has 0 unspecified atom stereocenters. The molecule has 2 N–H and O–H groups in total. The highest BCUT2D eigenvalue weighted by Crippen LogP contribution is 2.22. The van der Waals surface area contributed by atoms with Crippen LogP contribution in [0.1, 0.15) is 12.1 Å². The number of aryl methyl sites for hydroxylation is 1.